The highest BCUT2D eigenvalue weighted by Gasteiger charge is 2.10. The molecule has 1 N–H and O–H groups in total. The molecule has 0 amide bonds. The molecule has 14 heavy (non-hydrogen) atoms. The Hall–Kier alpha value is -1.84. The fourth-order valence-electron chi connectivity index (χ4n) is 1.05. The third-order valence-electron chi connectivity index (χ3n) is 1.66. The molecule has 0 bridgehead atoms. The van der Waals surface area contributed by atoms with E-state index < -0.39 is 5.97 Å². The summed E-state index contributed by atoms with van der Waals surface area (Å²) in [6.07, 6.45) is 0.268. The molecule has 0 aliphatic rings. The van der Waals surface area contributed by atoms with Crippen LogP contribution < -0.4 is 0 Å². The Morgan fingerprint density at radius 1 is 1.43 bits per heavy atom. The number of carboxylic acid groups (broad SMARTS) is 1. The van der Waals surface area contributed by atoms with Gasteiger partial charge in [-0.2, -0.15) is 0 Å². The molecule has 0 heterocycles. The molecule has 0 spiro atoms. The minimum Gasteiger partial charge on any atom is -0.477 e. The minimum atomic E-state index is -1.06. The zero-order chi connectivity index (χ0) is 10.4. The quantitative estimate of drug-likeness (QED) is 0.579. The molecule has 74 valence electrons. The first-order chi connectivity index (χ1) is 6.74. The van der Waals surface area contributed by atoms with Crippen LogP contribution in [0.1, 0.15) is 5.56 Å². The van der Waals surface area contributed by atoms with E-state index in [0.29, 0.717) is 0 Å². The van der Waals surface area contributed by atoms with Crippen LogP contribution in [0.4, 0.5) is 0 Å². The maximum atomic E-state index is 10.7. The summed E-state index contributed by atoms with van der Waals surface area (Å²) in [6.45, 7) is 0. The number of aliphatic carboxylic acids is 1. The number of hydrogen-bond donors (Lipinski definition) is 1. The summed E-state index contributed by atoms with van der Waals surface area (Å²) < 4.78 is 0. The van der Waals surface area contributed by atoms with E-state index in [1.54, 1.807) is 0 Å². The highest BCUT2D eigenvalue weighted by Crippen LogP contribution is 2.01. The predicted molar refractivity (Wildman–Crippen MR) is 52.2 cm³/mol. The van der Waals surface area contributed by atoms with E-state index in [4.69, 9.17) is 5.11 Å². The lowest BCUT2D eigenvalue weighted by Crippen LogP contribution is -2.16. The molecule has 1 aromatic rings. The Bertz CT molecular complexity index is 332. The molecule has 1 aromatic carbocycles. The fraction of sp³-hybridized carbons (Fsp3) is 0.200. The number of benzene rings is 1. The van der Waals surface area contributed by atoms with E-state index in [1.807, 2.05) is 30.3 Å². The number of carbonyl (C=O) groups is 1. The Morgan fingerprint density at radius 3 is 2.57 bits per heavy atom. The van der Waals surface area contributed by atoms with E-state index in [0.717, 1.165) is 5.56 Å². The van der Waals surface area contributed by atoms with Crippen molar-refractivity contribution in [2.75, 3.05) is 7.11 Å². The maximum Gasteiger partial charge on any atom is 0.354 e. The molecule has 0 atom stereocenters. The Balaban J connectivity index is 2.76. The molecule has 0 fully saturated rings. The van der Waals surface area contributed by atoms with Crippen LogP contribution in [-0.4, -0.2) is 23.9 Å². The van der Waals surface area contributed by atoms with Crippen molar-refractivity contribution in [2.45, 2.75) is 6.42 Å². The van der Waals surface area contributed by atoms with Gasteiger partial charge in [0.05, 0.1) is 0 Å². The first-order valence-electron chi connectivity index (χ1n) is 4.11. The van der Waals surface area contributed by atoms with Crippen molar-refractivity contribution in [3.63, 3.8) is 0 Å². The van der Waals surface area contributed by atoms with Crippen molar-refractivity contribution < 1.29 is 14.7 Å². The molecule has 0 aromatic heterocycles. The summed E-state index contributed by atoms with van der Waals surface area (Å²) in [5, 5.41) is 12.2. The van der Waals surface area contributed by atoms with Gasteiger partial charge in [0, 0.05) is 6.42 Å². The molecule has 4 nitrogen and oxygen atoms in total. The molecular weight excluding hydrogens is 182 g/mol. The Kier molecular flexibility index (Phi) is 3.67. The number of carboxylic acids is 1. The molecule has 0 unspecified atom stereocenters. The van der Waals surface area contributed by atoms with Crippen LogP contribution in [0.5, 0.6) is 0 Å². The molecule has 0 aliphatic carbocycles. The molecule has 1 rings (SSSR count). The molecule has 4 heteroatoms. The second kappa shape index (κ2) is 5.01. The van der Waals surface area contributed by atoms with Crippen LogP contribution in [0.15, 0.2) is 35.5 Å². The number of nitrogens with zero attached hydrogens (tertiary/aromatic N) is 1. The van der Waals surface area contributed by atoms with Crippen molar-refractivity contribution in [2.24, 2.45) is 5.16 Å². The topological polar surface area (TPSA) is 58.9 Å². The lowest BCUT2D eigenvalue weighted by atomic mass is 10.1. The highest BCUT2D eigenvalue weighted by molar-refractivity contribution is 6.35. The molecule has 0 radical (unpaired) electrons. The smallest absolute Gasteiger partial charge is 0.354 e. The van der Waals surface area contributed by atoms with E-state index in [2.05, 4.69) is 9.99 Å². The summed E-state index contributed by atoms with van der Waals surface area (Å²) in [7, 11) is 1.33. The van der Waals surface area contributed by atoms with Gasteiger partial charge in [0.2, 0.25) is 0 Å². The SMILES string of the molecule is CO/N=C(\Cc1ccccc1)C(=O)O. The minimum absolute atomic E-state index is 0.00120. The highest BCUT2D eigenvalue weighted by atomic mass is 16.6. The van der Waals surface area contributed by atoms with Gasteiger partial charge in [-0.15, -0.1) is 0 Å². The lowest BCUT2D eigenvalue weighted by Gasteiger charge is -2.00. The van der Waals surface area contributed by atoms with Gasteiger partial charge in [-0.25, -0.2) is 4.79 Å². The van der Waals surface area contributed by atoms with Crippen LogP contribution in [0.3, 0.4) is 0 Å². The summed E-state index contributed by atoms with van der Waals surface area (Å²) >= 11 is 0. The van der Waals surface area contributed by atoms with Crippen LogP contribution in [0.25, 0.3) is 0 Å². The average Bonchev–Trinajstić information content (AvgIpc) is 2.18. The van der Waals surface area contributed by atoms with Gasteiger partial charge in [-0.1, -0.05) is 35.5 Å². The van der Waals surface area contributed by atoms with E-state index in [9.17, 15) is 4.79 Å². The zero-order valence-corrected chi connectivity index (χ0v) is 7.80. The number of oxime groups is 1. The van der Waals surface area contributed by atoms with Crippen molar-refractivity contribution in [1.29, 1.82) is 0 Å². The van der Waals surface area contributed by atoms with Gasteiger partial charge >= 0.3 is 5.97 Å². The predicted octanol–water partition coefficient (Wildman–Crippen LogP) is 1.32. The first-order valence-corrected chi connectivity index (χ1v) is 4.11. The van der Waals surface area contributed by atoms with Crippen LogP contribution in [0, 0.1) is 0 Å². The second-order valence-electron chi connectivity index (χ2n) is 2.69. The molecular formula is C10H11NO3. The summed E-state index contributed by atoms with van der Waals surface area (Å²) in [5.74, 6) is -1.06. The third-order valence-corrected chi connectivity index (χ3v) is 1.66. The Labute approximate surface area is 81.8 Å². The largest absolute Gasteiger partial charge is 0.477 e. The van der Waals surface area contributed by atoms with Crippen LogP contribution >= 0.6 is 0 Å². The Morgan fingerprint density at radius 2 is 2.07 bits per heavy atom. The van der Waals surface area contributed by atoms with Gasteiger partial charge in [-0.3, -0.25) is 0 Å². The van der Waals surface area contributed by atoms with Gasteiger partial charge in [0.15, 0.2) is 5.71 Å². The monoisotopic (exact) mass is 193 g/mol. The summed E-state index contributed by atoms with van der Waals surface area (Å²) in [5.41, 5.74) is 0.893. The molecule has 0 aliphatic heterocycles. The van der Waals surface area contributed by atoms with Crippen molar-refractivity contribution in [3.05, 3.63) is 35.9 Å². The summed E-state index contributed by atoms with van der Waals surface area (Å²) in [6, 6.07) is 9.25. The van der Waals surface area contributed by atoms with Crippen molar-refractivity contribution in [3.8, 4) is 0 Å². The summed E-state index contributed by atoms with van der Waals surface area (Å²) in [4.78, 5) is 15.1. The standard InChI is InChI=1S/C10H11NO3/c1-14-11-9(10(12)13)7-8-5-3-2-4-6-8/h2-6H,7H2,1H3,(H,12,13)/b11-9+. The van der Waals surface area contributed by atoms with Gasteiger partial charge < -0.3 is 9.94 Å². The first kappa shape index (κ1) is 10.2. The number of rotatable bonds is 4. The van der Waals surface area contributed by atoms with E-state index in [1.165, 1.54) is 7.11 Å². The van der Waals surface area contributed by atoms with Crippen molar-refractivity contribution in [1.82, 2.24) is 0 Å². The molecule has 0 saturated heterocycles. The lowest BCUT2D eigenvalue weighted by molar-refractivity contribution is -0.129. The normalized spacial score (nSPS) is 11.1. The van der Waals surface area contributed by atoms with Crippen LogP contribution in [-0.2, 0) is 16.1 Å². The van der Waals surface area contributed by atoms with Gasteiger partial charge in [0.1, 0.15) is 7.11 Å². The number of hydrogen-bond acceptors (Lipinski definition) is 3. The average molecular weight is 193 g/mol. The van der Waals surface area contributed by atoms with Crippen molar-refractivity contribution >= 4 is 11.7 Å². The maximum absolute atomic E-state index is 10.7. The van der Waals surface area contributed by atoms with Gasteiger partial charge in [-0.05, 0) is 5.56 Å². The fourth-order valence-corrected chi connectivity index (χ4v) is 1.05. The third kappa shape index (κ3) is 2.90. The van der Waals surface area contributed by atoms with E-state index >= 15 is 0 Å². The molecule has 0 saturated carbocycles. The van der Waals surface area contributed by atoms with E-state index in [-0.39, 0.29) is 12.1 Å². The van der Waals surface area contributed by atoms with Gasteiger partial charge in [0.25, 0.3) is 0 Å². The zero-order valence-electron chi connectivity index (χ0n) is 7.80. The second-order valence-corrected chi connectivity index (χ2v) is 2.69. The van der Waals surface area contributed by atoms with Crippen LogP contribution in [0.2, 0.25) is 0 Å².